The minimum Gasteiger partial charge on any atom is -0.462 e. The van der Waals surface area contributed by atoms with Crippen LogP contribution in [0, 0.1) is 0 Å². The van der Waals surface area contributed by atoms with Crippen LogP contribution in [0.25, 0.3) is 11.1 Å². The topological polar surface area (TPSA) is 58.6 Å². The number of ether oxygens (including phenoxy) is 1. The number of anilines is 1. The van der Waals surface area contributed by atoms with Crippen LogP contribution in [0.15, 0.2) is 60.0 Å². The van der Waals surface area contributed by atoms with Crippen LogP contribution in [-0.4, -0.2) is 37.0 Å². The monoisotopic (exact) mass is 442 g/mol. The summed E-state index contributed by atoms with van der Waals surface area (Å²) in [4.78, 5) is 27.2. The van der Waals surface area contributed by atoms with Crippen molar-refractivity contribution in [3.63, 3.8) is 0 Å². The summed E-state index contributed by atoms with van der Waals surface area (Å²) in [5.41, 5.74) is 3.04. The first kappa shape index (κ1) is 22.0. The van der Waals surface area contributed by atoms with E-state index in [0.29, 0.717) is 27.7 Å². The fourth-order valence-corrected chi connectivity index (χ4v) is 4.16. The maximum absolute atomic E-state index is 12.6. The highest BCUT2D eigenvalue weighted by Crippen LogP contribution is 2.36. The summed E-state index contributed by atoms with van der Waals surface area (Å²) in [5, 5.41) is 5.82. The quantitative estimate of drug-likeness (QED) is 0.480. The molecule has 30 heavy (non-hydrogen) atoms. The highest BCUT2D eigenvalue weighted by molar-refractivity contribution is 7.15. The van der Waals surface area contributed by atoms with Crippen LogP contribution in [0.3, 0.4) is 0 Å². The first-order valence-electron chi connectivity index (χ1n) is 9.54. The van der Waals surface area contributed by atoms with Crippen molar-refractivity contribution < 1.29 is 14.3 Å². The third-order valence-corrected chi connectivity index (χ3v) is 5.54. The largest absolute Gasteiger partial charge is 0.462 e. The lowest BCUT2D eigenvalue weighted by molar-refractivity contribution is -0.117. The summed E-state index contributed by atoms with van der Waals surface area (Å²) < 4.78 is 5.23. The SMILES string of the molecule is CCOC(=O)c1c(-c2ccc(Cl)cc2)csc1NC(=O)CN(C)Cc1ccccc1. The van der Waals surface area contributed by atoms with Gasteiger partial charge in [-0.15, -0.1) is 11.3 Å². The van der Waals surface area contributed by atoms with Crippen LogP contribution in [0.4, 0.5) is 5.00 Å². The second-order valence-electron chi connectivity index (χ2n) is 6.79. The van der Waals surface area contributed by atoms with Crippen molar-refractivity contribution in [2.75, 3.05) is 25.5 Å². The summed E-state index contributed by atoms with van der Waals surface area (Å²) in [6, 6.07) is 17.1. The van der Waals surface area contributed by atoms with E-state index in [1.807, 2.05) is 59.8 Å². The number of halogens is 1. The van der Waals surface area contributed by atoms with E-state index < -0.39 is 5.97 Å². The fraction of sp³-hybridized carbons (Fsp3) is 0.217. The number of thiophene rings is 1. The third-order valence-electron chi connectivity index (χ3n) is 4.39. The van der Waals surface area contributed by atoms with Gasteiger partial charge in [0.05, 0.1) is 13.2 Å². The molecule has 7 heteroatoms. The molecule has 0 fully saturated rings. The van der Waals surface area contributed by atoms with Gasteiger partial charge in [0.2, 0.25) is 5.91 Å². The first-order chi connectivity index (χ1) is 14.5. The molecule has 0 aliphatic rings. The Bertz CT molecular complexity index is 1000. The van der Waals surface area contributed by atoms with Crippen molar-refractivity contribution in [2.45, 2.75) is 13.5 Å². The van der Waals surface area contributed by atoms with Crippen LogP contribution in [0.1, 0.15) is 22.8 Å². The summed E-state index contributed by atoms with van der Waals surface area (Å²) in [7, 11) is 1.88. The number of nitrogens with zero attached hydrogens (tertiary/aromatic N) is 1. The number of hydrogen-bond acceptors (Lipinski definition) is 5. The van der Waals surface area contributed by atoms with Gasteiger partial charge in [0.15, 0.2) is 0 Å². The highest BCUT2D eigenvalue weighted by atomic mass is 35.5. The molecular formula is C23H23ClN2O3S. The Kier molecular flexibility index (Phi) is 7.63. The molecule has 5 nitrogen and oxygen atoms in total. The number of carbonyl (C=O) groups excluding carboxylic acids is 2. The molecule has 1 aromatic heterocycles. The molecule has 0 atom stereocenters. The van der Waals surface area contributed by atoms with Crippen LogP contribution >= 0.6 is 22.9 Å². The van der Waals surface area contributed by atoms with E-state index in [9.17, 15) is 9.59 Å². The first-order valence-corrected chi connectivity index (χ1v) is 10.8. The highest BCUT2D eigenvalue weighted by Gasteiger charge is 2.23. The number of esters is 1. The predicted octanol–water partition coefficient (Wildman–Crippen LogP) is 5.32. The van der Waals surface area contributed by atoms with E-state index in [1.165, 1.54) is 11.3 Å². The Labute approximate surface area is 185 Å². The molecule has 0 unspecified atom stereocenters. The summed E-state index contributed by atoms with van der Waals surface area (Å²) in [5.74, 6) is -0.653. The van der Waals surface area contributed by atoms with Crippen molar-refractivity contribution >= 4 is 39.8 Å². The lowest BCUT2D eigenvalue weighted by Gasteiger charge is -2.16. The third kappa shape index (κ3) is 5.69. The Balaban J connectivity index is 1.76. The molecule has 1 heterocycles. The lowest BCUT2D eigenvalue weighted by atomic mass is 10.0. The van der Waals surface area contributed by atoms with Gasteiger partial charge in [-0.2, -0.15) is 0 Å². The molecule has 0 saturated carbocycles. The van der Waals surface area contributed by atoms with E-state index in [0.717, 1.165) is 11.1 Å². The van der Waals surface area contributed by atoms with Crippen molar-refractivity contribution in [1.82, 2.24) is 4.90 Å². The standard InChI is InChI=1S/C23H23ClN2O3S/c1-3-29-23(28)21-19(17-9-11-18(24)12-10-17)15-30-22(21)25-20(27)14-26(2)13-16-7-5-4-6-8-16/h4-12,15H,3,13-14H2,1-2H3,(H,25,27). The van der Waals surface area contributed by atoms with Gasteiger partial charge in [-0.3, -0.25) is 9.69 Å². The zero-order valence-electron chi connectivity index (χ0n) is 16.9. The molecule has 3 rings (SSSR count). The van der Waals surface area contributed by atoms with Crippen LogP contribution in [0.2, 0.25) is 5.02 Å². The van der Waals surface area contributed by atoms with Gasteiger partial charge in [-0.05, 0) is 37.2 Å². The Morgan fingerprint density at radius 2 is 1.80 bits per heavy atom. The van der Waals surface area contributed by atoms with Crippen LogP contribution in [0.5, 0.6) is 0 Å². The maximum atomic E-state index is 12.6. The zero-order valence-corrected chi connectivity index (χ0v) is 18.4. The minimum absolute atomic E-state index is 0.191. The second kappa shape index (κ2) is 10.4. The molecule has 2 aromatic carbocycles. The van der Waals surface area contributed by atoms with Crippen LogP contribution < -0.4 is 5.32 Å². The molecule has 0 spiro atoms. The molecule has 0 radical (unpaired) electrons. The average molecular weight is 443 g/mol. The number of benzene rings is 2. The molecule has 1 amide bonds. The fourth-order valence-electron chi connectivity index (χ4n) is 3.06. The summed E-state index contributed by atoms with van der Waals surface area (Å²) in [6.45, 7) is 2.86. The zero-order chi connectivity index (χ0) is 21.5. The molecule has 0 bridgehead atoms. The van der Waals surface area contributed by atoms with Crippen molar-refractivity contribution in [1.29, 1.82) is 0 Å². The number of carbonyl (C=O) groups is 2. The van der Waals surface area contributed by atoms with E-state index in [-0.39, 0.29) is 19.1 Å². The molecule has 0 aliphatic heterocycles. The van der Waals surface area contributed by atoms with E-state index in [2.05, 4.69) is 5.32 Å². The van der Waals surface area contributed by atoms with Gasteiger partial charge >= 0.3 is 5.97 Å². The van der Waals surface area contributed by atoms with Gasteiger partial charge in [0.25, 0.3) is 0 Å². The van der Waals surface area contributed by atoms with Gasteiger partial charge in [0, 0.05) is 22.5 Å². The number of nitrogens with one attached hydrogen (secondary N) is 1. The van der Waals surface area contributed by atoms with Crippen molar-refractivity contribution in [2.24, 2.45) is 0 Å². The van der Waals surface area contributed by atoms with Gasteiger partial charge in [-0.1, -0.05) is 54.1 Å². The van der Waals surface area contributed by atoms with Gasteiger partial charge in [0.1, 0.15) is 10.6 Å². The molecular weight excluding hydrogens is 420 g/mol. The number of hydrogen-bond donors (Lipinski definition) is 1. The normalized spacial score (nSPS) is 10.8. The summed E-state index contributed by atoms with van der Waals surface area (Å²) in [6.07, 6.45) is 0. The smallest absolute Gasteiger partial charge is 0.341 e. The van der Waals surface area contributed by atoms with E-state index in [4.69, 9.17) is 16.3 Å². The number of likely N-dealkylation sites (N-methyl/N-ethyl adjacent to an activating group) is 1. The van der Waals surface area contributed by atoms with Crippen molar-refractivity contribution in [3.8, 4) is 11.1 Å². The average Bonchev–Trinajstić information content (AvgIpc) is 3.12. The predicted molar refractivity (Wildman–Crippen MR) is 122 cm³/mol. The van der Waals surface area contributed by atoms with Gasteiger partial charge < -0.3 is 10.1 Å². The lowest BCUT2D eigenvalue weighted by Crippen LogP contribution is -2.30. The molecule has 156 valence electrons. The minimum atomic E-state index is -0.461. The summed E-state index contributed by atoms with van der Waals surface area (Å²) >= 11 is 7.29. The Hall–Kier alpha value is -2.67. The van der Waals surface area contributed by atoms with E-state index in [1.54, 1.807) is 19.1 Å². The molecule has 0 aliphatic carbocycles. The second-order valence-corrected chi connectivity index (χ2v) is 8.10. The van der Waals surface area contributed by atoms with Crippen molar-refractivity contribution in [3.05, 3.63) is 76.1 Å². The Morgan fingerprint density at radius 1 is 1.10 bits per heavy atom. The van der Waals surface area contributed by atoms with Crippen LogP contribution in [-0.2, 0) is 16.1 Å². The van der Waals surface area contributed by atoms with Gasteiger partial charge in [-0.25, -0.2) is 4.79 Å². The molecule has 1 N–H and O–H groups in total. The maximum Gasteiger partial charge on any atom is 0.341 e. The number of amides is 1. The Morgan fingerprint density at radius 3 is 2.47 bits per heavy atom. The van der Waals surface area contributed by atoms with E-state index >= 15 is 0 Å². The number of rotatable bonds is 8. The molecule has 0 saturated heterocycles. The molecule has 3 aromatic rings.